The van der Waals surface area contributed by atoms with E-state index in [-0.39, 0.29) is 0 Å². The van der Waals surface area contributed by atoms with Gasteiger partial charge in [-0.3, -0.25) is 0 Å². The molecule has 0 aromatic carbocycles. The molecule has 23 saturated carbocycles. The smallest absolute Gasteiger partial charge is 0.0323 e. The van der Waals surface area contributed by atoms with Crippen LogP contribution in [-0.2, 0) is 0 Å². The zero-order valence-electron chi connectivity index (χ0n) is 55.3. The normalized spacial score (nSPS) is 50.3. The molecule has 0 aromatic heterocycles. The van der Waals surface area contributed by atoms with Crippen LogP contribution in [0, 0.1) is 154 Å². The van der Waals surface area contributed by atoms with E-state index in [1.165, 1.54) is 184 Å². The average Bonchev–Trinajstić information content (AvgIpc) is 3.10. The van der Waals surface area contributed by atoms with Crippen LogP contribution in [-0.4, -0.2) is 0 Å². The Morgan fingerprint density at radius 3 is 0.518 bits per heavy atom. The summed E-state index contributed by atoms with van der Waals surface area (Å²) >= 11 is 0. The minimum Gasteiger partial charge on any atom is -0.0530 e. The molecule has 23 aliphatic carbocycles. The second kappa shape index (κ2) is 29.5. The van der Waals surface area contributed by atoms with Crippen LogP contribution in [0.2, 0.25) is 0 Å². The molecule has 23 fully saturated rings. The maximum absolute atomic E-state index is 1.64. The Kier molecular flexibility index (Phi) is 21.5. The number of hydrogen-bond donors (Lipinski definition) is 0. The molecule has 0 aliphatic heterocycles. The predicted octanol–water partition coefficient (Wildman–Crippen LogP) is 25.4. The summed E-state index contributed by atoms with van der Waals surface area (Å²) in [6.07, 6.45) is 89.3. The largest absolute Gasteiger partial charge is 0.0530 e. The molecular weight excluding hydrogens is 997 g/mol. The van der Waals surface area contributed by atoms with E-state index < -0.39 is 0 Å². The Balaban J connectivity index is 0.0000000848. The van der Waals surface area contributed by atoms with Crippen LogP contribution in [0.5, 0.6) is 0 Å². The van der Waals surface area contributed by atoms with E-state index in [9.17, 15) is 0 Å². The van der Waals surface area contributed by atoms with Gasteiger partial charge in [0.1, 0.15) is 0 Å². The molecule has 0 aromatic rings. The van der Waals surface area contributed by atoms with Gasteiger partial charge in [-0.1, -0.05) is 238 Å². The molecule has 0 amide bonds. The Hall–Kier alpha value is 0. The molecule has 18 unspecified atom stereocenters. The molecule has 83 heavy (non-hydrogen) atoms. The summed E-state index contributed by atoms with van der Waals surface area (Å²) in [6, 6.07) is 0. The van der Waals surface area contributed by atoms with Crippen LogP contribution in [0.4, 0.5) is 0 Å². The molecule has 18 atom stereocenters. The maximum atomic E-state index is 1.64. The van der Waals surface area contributed by atoms with Gasteiger partial charge in [0.15, 0.2) is 0 Å². The van der Waals surface area contributed by atoms with Crippen LogP contribution in [0.25, 0.3) is 0 Å². The molecule has 472 valence electrons. The maximum Gasteiger partial charge on any atom is -0.0323 e. The highest BCUT2D eigenvalue weighted by Gasteiger charge is 2.60. The van der Waals surface area contributed by atoms with Crippen molar-refractivity contribution in [3.63, 3.8) is 0 Å². The van der Waals surface area contributed by atoms with E-state index in [1.807, 2.05) is 0 Å². The standard InChI is InChI=1S/C12H18.C12H22.2C11H20.C10H16.C10H18.C9H14.C8H12/c1-2-8-5-7(1)11-9-3-4-10(6-9)12(8)11;1-2-6-12-9-3-7-11(5-1)8-4-10-12;1-4-10-6-2-7-11(5-1)9-3-8-10;1-2-5-11-7-3-6-10(4-1)8-9-11;1-2-9-7-4-5-8(6-7)10(9)3-1;1-3-9-5-2-6-10(4-1)8-7-9;1-2-7-5-6(1)8-3-4-9(7)8;1-2-6-3-5(1)7-4-8(6)7/h7-12H,1-6H2;11-12H,1-10H2;2*10-11H,1-9H2;7-10H,1-6H2;9-10H,1-8H2;6-9H,1-5H2;5-8H,1-4H2. The fourth-order valence-corrected chi connectivity index (χ4v) is 28.0. The molecule has 0 saturated heterocycles. The Labute approximate surface area is 517 Å². The fraction of sp³-hybridized carbons (Fsp3) is 1.00. The van der Waals surface area contributed by atoms with E-state index in [1.54, 1.807) is 289 Å². The van der Waals surface area contributed by atoms with Gasteiger partial charge in [0.05, 0.1) is 0 Å². The summed E-state index contributed by atoms with van der Waals surface area (Å²) < 4.78 is 0. The van der Waals surface area contributed by atoms with Crippen molar-refractivity contribution in [2.45, 2.75) is 366 Å². The van der Waals surface area contributed by atoms with Crippen molar-refractivity contribution in [1.82, 2.24) is 0 Å². The van der Waals surface area contributed by atoms with Gasteiger partial charge in [-0.2, -0.15) is 0 Å². The molecule has 18 bridgehead atoms. The molecule has 23 aliphatic rings. The summed E-state index contributed by atoms with van der Waals surface area (Å²) in [4.78, 5) is 0. The monoisotopic (exact) mass is 1140 g/mol. The lowest BCUT2D eigenvalue weighted by Crippen LogP contribution is -2.31. The van der Waals surface area contributed by atoms with Crippen molar-refractivity contribution in [2.24, 2.45) is 154 Å². The van der Waals surface area contributed by atoms with E-state index in [0.717, 1.165) is 47.3 Å². The molecule has 0 nitrogen and oxygen atoms in total. The molecule has 23 rings (SSSR count). The summed E-state index contributed by atoms with van der Waals surface area (Å²) in [5.74, 6) is 30.8. The Bertz CT molecular complexity index is 1700. The molecule has 0 radical (unpaired) electrons. The first kappa shape index (κ1) is 60.6. The highest BCUT2D eigenvalue weighted by atomic mass is 14.6. The number of fused-ring (bicyclic) bond motifs is 43. The van der Waals surface area contributed by atoms with Gasteiger partial charge in [0.25, 0.3) is 0 Å². The zero-order valence-corrected chi connectivity index (χ0v) is 55.3. The van der Waals surface area contributed by atoms with E-state index >= 15 is 0 Å². The van der Waals surface area contributed by atoms with Gasteiger partial charge >= 0.3 is 0 Å². The van der Waals surface area contributed by atoms with Gasteiger partial charge in [-0.05, 0) is 282 Å². The second-order valence-corrected chi connectivity index (χ2v) is 36.6. The summed E-state index contributed by atoms with van der Waals surface area (Å²) in [5.41, 5.74) is 0. The highest BCUT2D eigenvalue weighted by Crippen LogP contribution is 2.68. The first-order chi connectivity index (χ1) is 41.1. The third-order valence-electron chi connectivity index (χ3n) is 32.4. The van der Waals surface area contributed by atoms with Crippen molar-refractivity contribution < 1.29 is 0 Å². The topological polar surface area (TPSA) is 0 Å². The van der Waals surface area contributed by atoms with Crippen molar-refractivity contribution in [2.75, 3.05) is 0 Å². The van der Waals surface area contributed by atoms with Crippen molar-refractivity contribution in [1.29, 1.82) is 0 Å². The summed E-state index contributed by atoms with van der Waals surface area (Å²) in [7, 11) is 0. The first-order valence-corrected chi connectivity index (χ1v) is 41.1. The third-order valence-corrected chi connectivity index (χ3v) is 32.4. The minimum atomic E-state index is 1.11. The molecule has 0 heteroatoms. The van der Waals surface area contributed by atoms with E-state index in [2.05, 4.69) is 0 Å². The molecule has 0 heterocycles. The predicted molar refractivity (Wildman–Crippen MR) is 354 cm³/mol. The lowest BCUT2D eigenvalue weighted by Gasteiger charge is -2.40. The van der Waals surface area contributed by atoms with Gasteiger partial charge in [-0.15, -0.1) is 0 Å². The van der Waals surface area contributed by atoms with E-state index in [0.29, 0.717) is 0 Å². The minimum absolute atomic E-state index is 1.11. The fourth-order valence-electron chi connectivity index (χ4n) is 28.0. The van der Waals surface area contributed by atoms with Gasteiger partial charge in [-0.25, -0.2) is 0 Å². The molecular formula is C83H140. The summed E-state index contributed by atoms with van der Waals surface area (Å²) in [6.45, 7) is 0. The summed E-state index contributed by atoms with van der Waals surface area (Å²) in [5, 5.41) is 0. The lowest BCUT2D eigenvalue weighted by atomic mass is 9.66. The number of hydrogen-bond acceptors (Lipinski definition) is 0. The van der Waals surface area contributed by atoms with Crippen LogP contribution >= 0.6 is 0 Å². The second-order valence-electron chi connectivity index (χ2n) is 36.6. The quantitative estimate of drug-likeness (QED) is 0.212. The Morgan fingerprint density at radius 2 is 0.289 bits per heavy atom. The van der Waals surface area contributed by atoms with Crippen LogP contribution in [0.3, 0.4) is 0 Å². The van der Waals surface area contributed by atoms with Crippen molar-refractivity contribution in [3.05, 3.63) is 0 Å². The van der Waals surface area contributed by atoms with Crippen molar-refractivity contribution >= 4 is 0 Å². The van der Waals surface area contributed by atoms with Gasteiger partial charge < -0.3 is 0 Å². The number of rotatable bonds is 0. The van der Waals surface area contributed by atoms with Crippen LogP contribution < -0.4 is 0 Å². The van der Waals surface area contributed by atoms with E-state index in [4.69, 9.17) is 0 Å². The van der Waals surface area contributed by atoms with Gasteiger partial charge in [0.2, 0.25) is 0 Å². The average molecular weight is 1140 g/mol. The highest BCUT2D eigenvalue weighted by molar-refractivity contribution is 5.09. The van der Waals surface area contributed by atoms with Gasteiger partial charge in [0, 0.05) is 0 Å². The molecule has 0 spiro atoms. The zero-order chi connectivity index (χ0) is 55.3. The third kappa shape index (κ3) is 15.2. The lowest BCUT2D eigenvalue weighted by molar-refractivity contribution is 0.103. The Morgan fingerprint density at radius 1 is 0.108 bits per heavy atom. The molecule has 0 N–H and O–H groups in total. The SMILES string of the molecule is C1CC2C3CCC(C3)C2C1.C1CC2CC1C1C3CCC(C3)C21.C1CC2CC1C1CC21.C1CC2CC1C1CCC21.C1CC2CCCC(C1)CC2.C1CC2CCCC(C1)CCC2.C1CCC2CCCC(C1)CC2.C1CCC2CCCC(C1)CCC2. The first-order valence-electron chi connectivity index (χ1n) is 41.1. The van der Waals surface area contributed by atoms with Crippen LogP contribution in [0.15, 0.2) is 0 Å². The van der Waals surface area contributed by atoms with Crippen molar-refractivity contribution in [3.8, 4) is 0 Å². The van der Waals surface area contributed by atoms with Crippen LogP contribution in [0.1, 0.15) is 366 Å².